The van der Waals surface area contributed by atoms with E-state index in [2.05, 4.69) is 27.2 Å². The number of thiophene rings is 1. The zero-order valence-corrected chi connectivity index (χ0v) is 10.3. The molecule has 0 bridgehead atoms. The van der Waals surface area contributed by atoms with Gasteiger partial charge >= 0.3 is 0 Å². The molecule has 1 rings (SSSR count). The van der Waals surface area contributed by atoms with Crippen LogP contribution < -0.4 is 5.32 Å². The van der Waals surface area contributed by atoms with E-state index in [0.717, 1.165) is 9.35 Å². The van der Waals surface area contributed by atoms with Crippen molar-refractivity contribution in [3.8, 4) is 12.3 Å². The van der Waals surface area contributed by atoms with E-state index in [1.54, 1.807) is 6.92 Å². The van der Waals surface area contributed by atoms with Crippen molar-refractivity contribution in [1.29, 1.82) is 0 Å². The van der Waals surface area contributed by atoms with E-state index >= 15 is 0 Å². The van der Waals surface area contributed by atoms with Gasteiger partial charge in [-0.25, -0.2) is 0 Å². The lowest BCUT2D eigenvalue weighted by atomic mass is 10.3. The lowest BCUT2D eigenvalue weighted by molar-refractivity contribution is 0.0952. The molecule has 1 amide bonds. The first-order valence-electron chi connectivity index (χ1n) is 4.07. The highest BCUT2D eigenvalue weighted by atomic mass is 79.9. The Morgan fingerprint density at radius 3 is 2.86 bits per heavy atom. The third-order valence-corrected chi connectivity index (χ3v) is 3.81. The van der Waals surface area contributed by atoms with E-state index in [4.69, 9.17) is 6.42 Å². The Balaban J connectivity index is 2.76. The van der Waals surface area contributed by atoms with E-state index in [1.165, 1.54) is 11.3 Å². The van der Waals surface area contributed by atoms with Crippen LogP contribution in [0.5, 0.6) is 0 Å². The first kappa shape index (κ1) is 11.3. The molecule has 1 unspecified atom stereocenters. The van der Waals surface area contributed by atoms with Crippen molar-refractivity contribution in [3.63, 3.8) is 0 Å². The lowest BCUT2D eigenvalue weighted by Gasteiger charge is -2.04. The molecule has 1 heterocycles. The quantitative estimate of drug-likeness (QED) is 0.824. The number of hydrogen-bond acceptors (Lipinski definition) is 2. The molecule has 0 aliphatic carbocycles. The average Bonchev–Trinajstić information content (AvgIpc) is 2.47. The van der Waals surface area contributed by atoms with E-state index in [9.17, 15) is 4.79 Å². The maximum absolute atomic E-state index is 11.6. The molecule has 0 saturated heterocycles. The zero-order chi connectivity index (χ0) is 10.7. The number of amides is 1. The summed E-state index contributed by atoms with van der Waals surface area (Å²) < 4.78 is 0.982. The van der Waals surface area contributed by atoms with E-state index in [-0.39, 0.29) is 11.9 Å². The molecule has 14 heavy (non-hydrogen) atoms. The Kier molecular flexibility index (Phi) is 3.73. The molecule has 0 spiro atoms. The largest absolute Gasteiger partial charge is 0.338 e. The number of halogens is 1. The zero-order valence-electron chi connectivity index (χ0n) is 7.93. The van der Waals surface area contributed by atoms with Crippen LogP contribution in [0.4, 0.5) is 0 Å². The molecule has 0 aliphatic rings. The van der Waals surface area contributed by atoms with Gasteiger partial charge in [0.1, 0.15) is 0 Å². The fourth-order valence-corrected chi connectivity index (χ4v) is 2.32. The molecule has 1 atom stereocenters. The standard InChI is InChI=1S/C10H10BrNOS/c1-4-7(3)12-10(13)8-5-6(2)9(11)14-8/h1,5,7H,2-3H3,(H,12,13). The summed E-state index contributed by atoms with van der Waals surface area (Å²) in [6, 6.07) is 1.61. The van der Waals surface area contributed by atoms with Gasteiger partial charge in [0.25, 0.3) is 5.91 Å². The van der Waals surface area contributed by atoms with E-state index < -0.39 is 0 Å². The molecule has 1 aromatic heterocycles. The fraction of sp³-hybridized carbons (Fsp3) is 0.300. The summed E-state index contributed by atoms with van der Waals surface area (Å²) in [5.41, 5.74) is 1.06. The summed E-state index contributed by atoms with van der Waals surface area (Å²) in [6.45, 7) is 3.72. The predicted molar refractivity (Wildman–Crippen MR) is 62.5 cm³/mol. The van der Waals surface area contributed by atoms with Gasteiger partial charge in [0, 0.05) is 0 Å². The summed E-state index contributed by atoms with van der Waals surface area (Å²) >= 11 is 4.78. The van der Waals surface area contributed by atoms with Crippen LogP contribution in [0.2, 0.25) is 0 Å². The molecule has 1 N–H and O–H groups in total. The number of terminal acetylenes is 1. The minimum Gasteiger partial charge on any atom is -0.338 e. The SMILES string of the molecule is C#CC(C)NC(=O)c1cc(C)c(Br)s1. The van der Waals surface area contributed by atoms with Crippen molar-refractivity contribution >= 4 is 33.2 Å². The molecule has 74 valence electrons. The molecule has 0 saturated carbocycles. The summed E-state index contributed by atoms with van der Waals surface area (Å²) in [4.78, 5) is 12.2. The van der Waals surface area contributed by atoms with Gasteiger partial charge in [-0.2, -0.15) is 0 Å². The summed E-state index contributed by atoms with van der Waals surface area (Å²) in [5.74, 6) is 2.33. The van der Waals surface area contributed by atoms with Crippen LogP contribution in [0, 0.1) is 19.3 Å². The van der Waals surface area contributed by atoms with Gasteiger partial charge in [0.2, 0.25) is 0 Å². The maximum atomic E-state index is 11.6. The fourth-order valence-electron chi connectivity index (χ4n) is 0.881. The molecular weight excluding hydrogens is 262 g/mol. The van der Waals surface area contributed by atoms with Crippen LogP contribution in [0.25, 0.3) is 0 Å². The van der Waals surface area contributed by atoms with Crippen LogP contribution in [0.15, 0.2) is 9.85 Å². The highest BCUT2D eigenvalue weighted by Crippen LogP contribution is 2.27. The van der Waals surface area contributed by atoms with Gasteiger partial charge in [0.15, 0.2) is 0 Å². The molecule has 1 aromatic rings. The summed E-state index contributed by atoms with van der Waals surface area (Å²) in [7, 11) is 0. The summed E-state index contributed by atoms with van der Waals surface area (Å²) in [6.07, 6.45) is 5.16. The highest BCUT2D eigenvalue weighted by Gasteiger charge is 2.12. The first-order chi connectivity index (χ1) is 6.54. The van der Waals surface area contributed by atoms with Gasteiger partial charge in [-0.3, -0.25) is 4.79 Å². The van der Waals surface area contributed by atoms with Crippen molar-refractivity contribution in [2.45, 2.75) is 19.9 Å². The van der Waals surface area contributed by atoms with Crippen molar-refractivity contribution in [2.75, 3.05) is 0 Å². The Hall–Kier alpha value is -0.790. The Labute approximate surface area is 95.8 Å². The monoisotopic (exact) mass is 271 g/mol. The van der Waals surface area contributed by atoms with Crippen LogP contribution in [0.1, 0.15) is 22.2 Å². The number of carbonyl (C=O) groups excluding carboxylic acids is 1. The van der Waals surface area contributed by atoms with Crippen LogP contribution in [0.3, 0.4) is 0 Å². The van der Waals surface area contributed by atoms with Crippen molar-refractivity contribution in [2.24, 2.45) is 0 Å². The Bertz CT molecular complexity index is 372. The second-order valence-electron chi connectivity index (χ2n) is 2.93. The number of rotatable bonds is 2. The van der Waals surface area contributed by atoms with Gasteiger partial charge in [0.05, 0.1) is 14.7 Å². The minimum atomic E-state index is -0.233. The molecule has 4 heteroatoms. The molecule has 2 nitrogen and oxygen atoms in total. The topological polar surface area (TPSA) is 29.1 Å². The third-order valence-electron chi connectivity index (χ3n) is 1.68. The van der Waals surface area contributed by atoms with Crippen molar-refractivity contribution in [3.05, 3.63) is 20.3 Å². The lowest BCUT2D eigenvalue weighted by Crippen LogP contribution is -2.30. The third kappa shape index (κ3) is 2.60. The van der Waals surface area contributed by atoms with E-state index in [0.29, 0.717) is 4.88 Å². The van der Waals surface area contributed by atoms with Crippen molar-refractivity contribution in [1.82, 2.24) is 5.32 Å². The number of nitrogens with one attached hydrogen (secondary N) is 1. The Morgan fingerprint density at radius 2 is 2.43 bits per heavy atom. The predicted octanol–water partition coefficient (Wildman–Crippen LogP) is 2.57. The normalized spacial score (nSPS) is 11.9. The van der Waals surface area contributed by atoms with Gasteiger partial charge in [-0.05, 0) is 41.4 Å². The van der Waals surface area contributed by atoms with Crippen molar-refractivity contribution < 1.29 is 4.79 Å². The molecular formula is C10H10BrNOS. The first-order valence-corrected chi connectivity index (χ1v) is 5.68. The van der Waals surface area contributed by atoms with E-state index in [1.807, 2.05) is 13.0 Å². The molecule has 0 fully saturated rings. The smallest absolute Gasteiger partial charge is 0.262 e. The second-order valence-corrected chi connectivity index (χ2v) is 5.30. The number of aryl methyl sites for hydroxylation is 1. The van der Waals surface area contributed by atoms with Gasteiger partial charge in [-0.15, -0.1) is 17.8 Å². The highest BCUT2D eigenvalue weighted by molar-refractivity contribution is 9.11. The molecule has 0 aromatic carbocycles. The molecule has 0 radical (unpaired) electrons. The second kappa shape index (κ2) is 4.63. The van der Waals surface area contributed by atoms with Crippen LogP contribution in [-0.4, -0.2) is 11.9 Å². The van der Waals surface area contributed by atoms with Gasteiger partial charge < -0.3 is 5.32 Å². The average molecular weight is 272 g/mol. The number of hydrogen-bond donors (Lipinski definition) is 1. The summed E-state index contributed by atoms with van der Waals surface area (Å²) in [5, 5.41) is 2.70. The molecule has 0 aliphatic heterocycles. The van der Waals surface area contributed by atoms with Gasteiger partial charge in [-0.1, -0.05) is 5.92 Å². The Morgan fingerprint density at radius 1 is 1.79 bits per heavy atom. The maximum Gasteiger partial charge on any atom is 0.262 e. The van der Waals surface area contributed by atoms with Crippen LogP contribution >= 0.6 is 27.3 Å². The van der Waals surface area contributed by atoms with Crippen LogP contribution in [-0.2, 0) is 0 Å². The minimum absolute atomic E-state index is 0.116. The number of carbonyl (C=O) groups is 1.